The number of aromatic nitrogens is 2. The second kappa shape index (κ2) is 11.5. The van der Waals surface area contributed by atoms with Crippen LogP contribution in [0.4, 0.5) is 0 Å². The Morgan fingerprint density at radius 2 is 2.00 bits per heavy atom. The lowest BCUT2D eigenvalue weighted by Crippen LogP contribution is -2.25. The van der Waals surface area contributed by atoms with Gasteiger partial charge in [0.25, 0.3) is 0 Å². The van der Waals surface area contributed by atoms with Crippen LogP contribution in [0.2, 0.25) is 0 Å². The van der Waals surface area contributed by atoms with Gasteiger partial charge in [-0.1, -0.05) is 42.8 Å². The standard InChI is InChI=1S/C29H35N3O3/c1-4-26(28-20(3)18-31-29(32-28)21-8-6-19(2)7-9-21)30-14-5-15-35-24-12-13-25-22(16-24)10-11-23(25)17-27(33)34/h6-9,12-13,16,18,23,26,30H,4-5,10-11,14-15,17H2,1-3H3,(H,33,34)/t23-,26?/m0/s1. The smallest absolute Gasteiger partial charge is 0.303 e. The van der Waals surface area contributed by atoms with Gasteiger partial charge in [0, 0.05) is 17.8 Å². The van der Waals surface area contributed by atoms with Crippen LogP contribution in [0.5, 0.6) is 5.75 Å². The fraction of sp³-hybridized carbons (Fsp3) is 0.414. The van der Waals surface area contributed by atoms with Gasteiger partial charge < -0.3 is 15.2 Å². The first-order valence-corrected chi connectivity index (χ1v) is 12.6. The number of hydrogen-bond donors (Lipinski definition) is 2. The molecule has 0 spiro atoms. The molecular weight excluding hydrogens is 438 g/mol. The topological polar surface area (TPSA) is 84.3 Å². The van der Waals surface area contributed by atoms with Gasteiger partial charge in [0.2, 0.25) is 0 Å². The molecule has 0 fully saturated rings. The molecule has 1 unspecified atom stereocenters. The fourth-order valence-electron chi connectivity index (χ4n) is 4.82. The van der Waals surface area contributed by atoms with E-state index in [9.17, 15) is 4.79 Å². The summed E-state index contributed by atoms with van der Waals surface area (Å²) in [6.07, 6.45) is 5.77. The van der Waals surface area contributed by atoms with Gasteiger partial charge in [0.05, 0.1) is 18.7 Å². The lowest BCUT2D eigenvalue weighted by atomic mass is 9.98. The molecule has 35 heavy (non-hydrogen) atoms. The highest BCUT2D eigenvalue weighted by atomic mass is 16.5. The largest absolute Gasteiger partial charge is 0.494 e. The quantitative estimate of drug-likeness (QED) is 0.344. The van der Waals surface area contributed by atoms with E-state index in [2.05, 4.69) is 61.4 Å². The molecule has 2 aromatic carbocycles. The molecule has 1 aromatic heterocycles. The molecule has 0 radical (unpaired) electrons. The Bertz CT molecular complexity index is 1160. The van der Waals surface area contributed by atoms with Crippen molar-refractivity contribution < 1.29 is 14.6 Å². The average molecular weight is 474 g/mol. The molecule has 1 aliphatic rings. The van der Waals surface area contributed by atoms with Crippen LogP contribution < -0.4 is 10.1 Å². The third-order valence-electron chi connectivity index (χ3n) is 6.78. The number of nitrogens with one attached hydrogen (secondary N) is 1. The Hall–Kier alpha value is -3.25. The molecule has 2 atom stereocenters. The van der Waals surface area contributed by atoms with E-state index in [1.807, 2.05) is 18.3 Å². The molecule has 2 N–H and O–H groups in total. The predicted molar refractivity (Wildman–Crippen MR) is 138 cm³/mol. The van der Waals surface area contributed by atoms with Crippen LogP contribution in [0, 0.1) is 13.8 Å². The molecule has 6 heteroatoms. The van der Waals surface area contributed by atoms with Crippen molar-refractivity contribution in [3.8, 4) is 17.1 Å². The molecule has 0 saturated carbocycles. The minimum absolute atomic E-state index is 0.128. The molecule has 4 rings (SSSR count). The highest BCUT2D eigenvalue weighted by Crippen LogP contribution is 2.37. The summed E-state index contributed by atoms with van der Waals surface area (Å²) in [6.45, 7) is 7.76. The summed E-state index contributed by atoms with van der Waals surface area (Å²) >= 11 is 0. The summed E-state index contributed by atoms with van der Waals surface area (Å²) in [4.78, 5) is 20.5. The SMILES string of the molecule is CCC(NCCCOc1ccc2c(c1)CC[C@H]2CC(=O)O)c1nc(-c2ccc(C)cc2)ncc1C. The van der Waals surface area contributed by atoms with E-state index in [-0.39, 0.29) is 18.4 Å². The maximum Gasteiger partial charge on any atom is 0.303 e. The summed E-state index contributed by atoms with van der Waals surface area (Å²) in [5.74, 6) is 1.02. The summed E-state index contributed by atoms with van der Waals surface area (Å²) in [7, 11) is 0. The van der Waals surface area contributed by atoms with E-state index in [0.29, 0.717) is 6.61 Å². The van der Waals surface area contributed by atoms with Gasteiger partial charge in [0.1, 0.15) is 5.75 Å². The van der Waals surface area contributed by atoms with Gasteiger partial charge in [-0.25, -0.2) is 9.97 Å². The molecule has 1 heterocycles. The van der Waals surface area contributed by atoms with E-state index < -0.39 is 5.97 Å². The summed E-state index contributed by atoms with van der Waals surface area (Å²) in [5.41, 5.74) is 6.78. The number of carboxylic acids is 1. The first-order valence-electron chi connectivity index (χ1n) is 12.6. The normalized spacial score (nSPS) is 15.6. The maximum absolute atomic E-state index is 11.1. The monoisotopic (exact) mass is 473 g/mol. The van der Waals surface area contributed by atoms with Crippen molar-refractivity contribution in [2.45, 2.75) is 64.8 Å². The Kier molecular flexibility index (Phi) is 8.13. The summed E-state index contributed by atoms with van der Waals surface area (Å²) in [6, 6.07) is 14.6. The van der Waals surface area contributed by atoms with Gasteiger partial charge in [-0.05, 0) is 80.8 Å². The molecule has 184 valence electrons. The lowest BCUT2D eigenvalue weighted by Gasteiger charge is -2.19. The van der Waals surface area contributed by atoms with Crippen LogP contribution in [-0.2, 0) is 11.2 Å². The maximum atomic E-state index is 11.1. The number of rotatable bonds is 11. The van der Waals surface area contributed by atoms with Crippen molar-refractivity contribution in [1.82, 2.24) is 15.3 Å². The van der Waals surface area contributed by atoms with E-state index >= 15 is 0 Å². The third kappa shape index (κ3) is 6.25. The number of ether oxygens (including phenoxy) is 1. The number of carbonyl (C=O) groups is 1. The van der Waals surface area contributed by atoms with Crippen LogP contribution in [0.1, 0.15) is 72.5 Å². The molecule has 3 aromatic rings. The summed E-state index contributed by atoms with van der Waals surface area (Å²) in [5, 5.41) is 12.7. The average Bonchev–Trinajstić information content (AvgIpc) is 3.24. The van der Waals surface area contributed by atoms with Crippen molar-refractivity contribution in [3.63, 3.8) is 0 Å². The predicted octanol–water partition coefficient (Wildman–Crippen LogP) is 5.77. The zero-order chi connectivity index (χ0) is 24.8. The van der Waals surface area contributed by atoms with Crippen molar-refractivity contribution in [2.24, 2.45) is 0 Å². The number of aliphatic carboxylic acids is 1. The van der Waals surface area contributed by atoms with Crippen molar-refractivity contribution in [2.75, 3.05) is 13.2 Å². The molecular formula is C29H35N3O3. The molecule has 0 saturated heterocycles. The van der Waals surface area contributed by atoms with E-state index in [1.165, 1.54) is 11.1 Å². The van der Waals surface area contributed by atoms with Crippen molar-refractivity contribution >= 4 is 5.97 Å². The van der Waals surface area contributed by atoms with Gasteiger partial charge in [0.15, 0.2) is 5.82 Å². The molecule has 0 amide bonds. The van der Waals surface area contributed by atoms with Crippen molar-refractivity contribution in [1.29, 1.82) is 0 Å². The number of aryl methyl sites for hydroxylation is 3. The van der Waals surface area contributed by atoms with Crippen LogP contribution in [0.3, 0.4) is 0 Å². The molecule has 1 aliphatic carbocycles. The highest BCUT2D eigenvalue weighted by Gasteiger charge is 2.25. The molecule has 6 nitrogen and oxygen atoms in total. The number of carboxylic acid groups (broad SMARTS) is 1. The van der Waals surface area contributed by atoms with Gasteiger partial charge in [-0.3, -0.25) is 4.79 Å². The zero-order valence-electron chi connectivity index (χ0n) is 20.9. The molecule has 0 aliphatic heterocycles. The number of nitrogens with zero attached hydrogens (tertiary/aromatic N) is 2. The Labute approximate surface area is 207 Å². The third-order valence-corrected chi connectivity index (χ3v) is 6.78. The minimum Gasteiger partial charge on any atom is -0.494 e. The summed E-state index contributed by atoms with van der Waals surface area (Å²) < 4.78 is 6.00. The Morgan fingerprint density at radius 3 is 2.74 bits per heavy atom. The second-order valence-corrected chi connectivity index (χ2v) is 9.44. The second-order valence-electron chi connectivity index (χ2n) is 9.44. The van der Waals surface area contributed by atoms with Gasteiger partial charge in [-0.15, -0.1) is 0 Å². The van der Waals surface area contributed by atoms with Gasteiger partial charge in [-0.2, -0.15) is 0 Å². The van der Waals surface area contributed by atoms with E-state index in [1.54, 1.807) is 0 Å². The van der Waals surface area contributed by atoms with Crippen LogP contribution >= 0.6 is 0 Å². The van der Waals surface area contributed by atoms with E-state index in [0.717, 1.165) is 66.2 Å². The van der Waals surface area contributed by atoms with Crippen LogP contribution in [0.25, 0.3) is 11.4 Å². The Balaban J connectivity index is 1.29. The molecule has 0 bridgehead atoms. The number of hydrogen-bond acceptors (Lipinski definition) is 5. The highest BCUT2D eigenvalue weighted by molar-refractivity contribution is 5.68. The van der Waals surface area contributed by atoms with Crippen molar-refractivity contribution in [3.05, 3.63) is 76.6 Å². The minimum atomic E-state index is -0.732. The first kappa shape index (κ1) is 24.9. The van der Waals surface area contributed by atoms with Crippen LogP contribution in [-0.4, -0.2) is 34.2 Å². The fourth-order valence-corrected chi connectivity index (χ4v) is 4.82. The zero-order valence-corrected chi connectivity index (χ0v) is 20.9. The van der Waals surface area contributed by atoms with Gasteiger partial charge >= 0.3 is 5.97 Å². The first-order chi connectivity index (χ1) is 16.9. The van der Waals surface area contributed by atoms with Crippen LogP contribution in [0.15, 0.2) is 48.7 Å². The Morgan fingerprint density at radius 1 is 1.20 bits per heavy atom. The number of fused-ring (bicyclic) bond motifs is 1. The van der Waals surface area contributed by atoms with E-state index in [4.69, 9.17) is 14.8 Å². The number of benzene rings is 2. The lowest BCUT2D eigenvalue weighted by molar-refractivity contribution is -0.137.